The summed E-state index contributed by atoms with van der Waals surface area (Å²) in [5.74, 6) is 0.259. The summed E-state index contributed by atoms with van der Waals surface area (Å²) in [6, 6.07) is 25.0. The molecule has 3 N–H and O–H groups in total. The fraction of sp³-hybridized carbons (Fsp3) is 0.0385. The van der Waals surface area contributed by atoms with E-state index in [9.17, 15) is 4.79 Å². The minimum atomic E-state index is -0.156. The van der Waals surface area contributed by atoms with Crippen LogP contribution in [0.4, 0.5) is 11.5 Å². The lowest BCUT2D eigenvalue weighted by atomic mass is 10.1. The molecule has 32 heavy (non-hydrogen) atoms. The Morgan fingerprint density at radius 1 is 0.938 bits per heavy atom. The highest BCUT2D eigenvalue weighted by molar-refractivity contribution is 9.10. The second kappa shape index (κ2) is 10.0. The van der Waals surface area contributed by atoms with E-state index in [-0.39, 0.29) is 12.3 Å². The third kappa shape index (κ3) is 5.68. The number of nitrogen functional groups attached to an aromatic ring is 1. The molecule has 0 spiro atoms. The summed E-state index contributed by atoms with van der Waals surface area (Å²) < 4.78 is 0.971. The van der Waals surface area contributed by atoms with Crippen LogP contribution in [0.5, 0.6) is 0 Å². The summed E-state index contributed by atoms with van der Waals surface area (Å²) in [6.07, 6.45) is 5.71. The normalized spacial score (nSPS) is 10.9. The number of nitrogens with one attached hydrogen (secondary N) is 1. The van der Waals surface area contributed by atoms with Crippen LogP contribution in [0.25, 0.3) is 23.4 Å². The molecular formula is C26H21BrN4O. The topological polar surface area (TPSA) is 80.9 Å². The van der Waals surface area contributed by atoms with E-state index < -0.39 is 0 Å². The number of nitrogens with two attached hydrogens (primary N) is 1. The summed E-state index contributed by atoms with van der Waals surface area (Å²) in [5, 5.41) is 2.90. The number of aromatic nitrogens is 2. The van der Waals surface area contributed by atoms with Crippen LogP contribution in [0.15, 0.2) is 89.5 Å². The Labute approximate surface area is 195 Å². The Hall–Kier alpha value is -3.77. The predicted octanol–water partition coefficient (Wildman–Crippen LogP) is 5.84. The highest BCUT2D eigenvalue weighted by Gasteiger charge is 2.11. The fourth-order valence-corrected chi connectivity index (χ4v) is 3.38. The molecule has 0 aliphatic heterocycles. The molecule has 6 heteroatoms. The van der Waals surface area contributed by atoms with Crippen molar-refractivity contribution in [1.82, 2.24) is 9.97 Å². The first kappa shape index (κ1) is 21.5. The molecule has 0 fully saturated rings. The Kier molecular flexibility index (Phi) is 6.72. The molecule has 1 amide bonds. The van der Waals surface area contributed by atoms with Crippen LogP contribution in [0.1, 0.15) is 16.8 Å². The highest BCUT2D eigenvalue weighted by atomic mass is 79.9. The Morgan fingerprint density at radius 3 is 2.38 bits per heavy atom. The molecule has 0 radical (unpaired) electrons. The van der Waals surface area contributed by atoms with Crippen LogP contribution in [-0.4, -0.2) is 15.9 Å². The number of carbonyl (C=O) groups excluding carboxylic acids is 1. The maximum absolute atomic E-state index is 12.7. The number of halogens is 1. The number of rotatable bonds is 6. The summed E-state index contributed by atoms with van der Waals surface area (Å²) in [6.45, 7) is 0. The van der Waals surface area contributed by atoms with Crippen LogP contribution in [0, 0.1) is 0 Å². The number of nitrogens with zero attached hydrogens (tertiary/aromatic N) is 2. The largest absolute Gasteiger partial charge is 0.399 e. The van der Waals surface area contributed by atoms with Crippen molar-refractivity contribution >= 4 is 45.5 Å². The van der Waals surface area contributed by atoms with Gasteiger partial charge in [-0.05, 0) is 41.5 Å². The molecule has 1 aromatic heterocycles. The van der Waals surface area contributed by atoms with Gasteiger partial charge < -0.3 is 11.1 Å². The zero-order valence-corrected chi connectivity index (χ0v) is 18.8. The second-order valence-electron chi connectivity index (χ2n) is 7.21. The number of hydrogen-bond donors (Lipinski definition) is 2. The van der Waals surface area contributed by atoms with Crippen LogP contribution in [-0.2, 0) is 11.2 Å². The SMILES string of the molecule is Nc1ccc(-c2cnc(NC(=O)Cc3ccc(Br)cc3)c(/C=C/c3ccccc3)n2)cc1. The average Bonchev–Trinajstić information content (AvgIpc) is 2.81. The van der Waals surface area contributed by atoms with Gasteiger partial charge in [-0.1, -0.05) is 76.6 Å². The third-order valence-electron chi connectivity index (χ3n) is 4.77. The van der Waals surface area contributed by atoms with Crippen molar-refractivity contribution in [2.24, 2.45) is 0 Å². The van der Waals surface area contributed by atoms with Crippen molar-refractivity contribution in [1.29, 1.82) is 0 Å². The van der Waals surface area contributed by atoms with Gasteiger partial charge in [-0.15, -0.1) is 0 Å². The van der Waals surface area contributed by atoms with E-state index >= 15 is 0 Å². The van der Waals surface area contributed by atoms with Gasteiger partial charge in [0.25, 0.3) is 0 Å². The number of amides is 1. The summed E-state index contributed by atoms with van der Waals surface area (Å²) >= 11 is 3.41. The van der Waals surface area contributed by atoms with Crippen LogP contribution in [0.3, 0.4) is 0 Å². The summed E-state index contributed by atoms with van der Waals surface area (Å²) in [4.78, 5) is 21.9. The van der Waals surface area contributed by atoms with Crippen LogP contribution in [0.2, 0.25) is 0 Å². The minimum Gasteiger partial charge on any atom is -0.399 e. The van der Waals surface area contributed by atoms with Gasteiger partial charge in [0.15, 0.2) is 5.82 Å². The molecule has 0 atom stereocenters. The minimum absolute atomic E-state index is 0.156. The van der Waals surface area contributed by atoms with Crippen molar-refractivity contribution in [3.05, 3.63) is 106 Å². The molecule has 0 aliphatic carbocycles. The molecular weight excluding hydrogens is 464 g/mol. The zero-order valence-electron chi connectivity index (χ0n) is 17.2. The van der Waals surface area contributed by atoms with E-state index in [4.69, 9.17) is 10.7 Å². The lowest BCUT2D eigenvalue weighted by Gasteiger charge is -2.10. The smallest absolute Gasteiger partial charge is 0.230 e. The lowest BCUT2D eigenvalue weighted by Crippen LogP contribution is -2.16. The third-order valence-corrected chi connectivity index (χ3v) is 5.30. The fourth-order valence-electron chi connectivity index (χ4n) is 3.11. The summed E-state index contributed by atoms with van der Waals surface area (Å²) in [7, 11) is 0. The van der Waals surface area contributed by atoms with E-state index in [0.717, 1.165) is 21.2 Å². The van der Waals surface area contributed by atoms with Gasteiger partial charge in [0.2, 0.25) is 5.91 Å². The molecule has 158 valence electrons. The first-order valence-electron chi connectivity index (χ1n) is 10.1. The van der Waals surface area contributed by atoms with Gasteiger partial charge in [0, 0.05) is 15.7 Å². The average molecular weight is 485 g/mol. The summed E-state index contributed by atoms with van der Waals surface area (Å²) in [5.41, 5.74) is 10.6. The van der Waals surface area contributed by atoms with Gasteiger partial charge in [-0.25, -0.2) is 9.97 Å². The van der Waals surface area contributed by atoms with Gasteiger partial charge in [-0.3, -0.25) is 4.79 Å². The van der Waals surface area contributed by atoms with Crippen molar-refractivity contribution < 1.29 is 4.79 Å². The molecule has 1 heterocycles. The second-order valence-corrected chi connectivity index (χ2v) is 8.12. The Balaban J connectivity index is 1.62. The van der Waals surface area contributed by atoms with E-state index in [1.807, 2.05) is 91.0 Å². The molecule has 3 aromatic carbocycles. The molecule has 0 saturated heterocycles. The molecule has 4 aromatic rings. The molecule has 0 saturated carbocycles. The zero-order chi connectivity index (χ0) is 22.3. The molecule has 5 nitrogen and oxygen atoms in total. The van der Waals surface area contributed by atoms with E-state index in [2.05, 4.69) is 26.2 Å². The number of hydrogen-bond acceptors (Lipinski definition) is 4. The van der Waals surface area contributed by atoms with Gasteiger partial charge in [0.1, 0.15) is 5.69 Å². The van der Waals surface area contributed by atoms with Gasteiger partial charge in [-0.2, -0.15) is 0 Å². The highest BCUT2D eigenvalue weighted by Crippen LogP contribution is 2.22. The lowest BCUT2D eigenvalue weighted by molar-refractivity contribution is -0.115. The number of benzene rings is 3. The molecule has 0 aliphatic rings. The van der Waals surface area contributed by atoms with Gasteiger partial charge >= 0.3 is 0 Å². The van der Waals surface area contributed by atoms with Crippen molar-refractivity contribution in [3.63, 3.8) is 0 Å². The quantitative estimate of drug-likeness (QED) is 0.336. The molecule has 0 unspecified atom stereocenters. The Bertz CT molecular complexity index is 1240. The van der Waals surface area contributed by atoms with Crippen molar-refractivity contribution in [2.45, 2.75) is 6.42 Å². The first-order chi connectivity index (χ1) is 15.6. The standard InChI is InChI=1S/C26H21BrN4O/c27-21-11-6-19(7-12-21)16-25(32)31-26-23(15-8-18-4-2-1-3-5-18)30-24(17-29-26)20-9-13-22(28)14-10-20/h1-15,17H,16,28H2,(H,29,31,32)/b15-8+. The van der Waals surface area contributed by atoms with Crippen LogP contribution < -0.4 is 11.1 Å². The van der Waals surface area contributed by atoms with E-state index in [1.165, 1.54) is 0 Å². The first-order valence-corrected chi connectivity index (χ1v) is 10.9. The van der Waals surface area contributed by atoms with Crippen LogP contribution >= 0.6 is 15.9 Å². The van der Waals surface area contributed by atoms with Crippen molar-refractivity contribution in [3.8, 4) is 11.3 Å². The van der Waals surface area contributed by atoms with E-state index in [1.54, 1.807) is 6.20 Å². The Morgan fingerprint density at radius 2 is 1.66 bits per heavy atom. The predicted molar refractivity (Wildman–Crippen MR) is 134 cm³/mol. The molecule has 0 bridgehead atoms. The van der Waals surface area contributed by atoms with Crippen molar-refractivity contribution in [2.75, 3.05) is 11.1 Å². The maximum Gasteiger partial charge on any atom is 0.230 e. The van der Waals surface area contributed by atoms with Gasteiger partial charge in [0.05, 0.1) is 18.3 Å². The van der Waals surface area contributed by atoms with E-state index in [0.29, 0.717) is 22.9 Å². The number of anilines is 2. The number of carbonyl (C=O) groups is 1. The maximum atomic E-state index is 12.7. The molecule has 4 rings (SSSR count). The monoisotopic (exact) mass is 484 g/mol.